The summed E-state index contributed by atoms with van der Waals surface area (Å²) in [6.45, 7) is 12.3. The number of nitrogens with zero attached hydrogens (tertiary/aromatic N) is 1. The van der Waals surface area contributed by atoms with Crippen LogP contribution in [0.5, 0.6) is 5.75 Å². The van der Waals surface area contributed by atoms with E-state index in [0.29, 0.717) is 11.6 Å². The number of rotatable bonds is 2. The molecule has 1 aliphatic rings. The SMILES string of the molecule is CC(C)(C)c1cc(/C=C2\N=C(c3ccccc3)OC2=O)cc(C(C)(C)C)c1O. The number of aromatic hydroxyl groups is 1. The number of carbonyl (C=O) groups is 1. The number of phenols is 1. The lowest BCUT2D eigenvalue weighted by Crippen LogP contribution is -2.17. The maximum Gasteiger partial charge on any atom is 0.363 e. The van der Waals surface area contributed by atoms with Crippen LogP contribution in [0.4, 0.5) is 0 Å². The summed E-state index contributed by atoms with van der Waals surface area (Å²) in [4.78, 5) is 16.7. The smallest absolute Gasteiger partial charge is 0.363 e. The second kappa shape index (κ2) is 6.93. The van der Waals surface area contributed by atoms with Gasteiger partial charge in [-0.2, -0.15) is 0 Å². The molecule has 0 saturated carbocycles. The van der Waals surface area contributed by atoms with Crippen LogP contribution in [0.25, 0.3) is 6.08 Å². The highest BCUT2D eigenvalue weighted by Gasteiger charge is 2.28. The average Bonchev–Trinajstić information content (AvgIpc) is 2.96. The predicted octanol–water partition coefficient (Wildman–Crippen LogP) is 5.33. The fraction of sp³-hybridized carbons (Fsp3) is 0.333. The summed E-state index contributed by atoms with van der Waals surface area (Å²) in [5.41, 5.74) is 3.02. The summed E-state index contributed by atoms with van der Waals surface area (Å²) in [6, 6.07) is 13.2. The van der Waals surface area contributed by atoms with E-state index in [4.69, 9.17) is 4.74 Å². The Balaban J connectivity index is 2.11. The van der Waals surface area contributed by atoms with E-state index >= 15 is 0 Å². The van der Waals surface area contributed by atoms with Gasteiger partial charge in [0.05, 0.1) is 0 Å². The van der Waals surface area contributed by atoms with E-state index in [2.05, 4.69) is 46.5 Å². The molecule has 0 saturated heterocycles. The predicted molar refractivity (Wildman–Crippen MR) is 113 cm³/mol. The first-order chi connectivity index (χ1) is 13.0. The van der Waals surface area contributed by atoms with Crippen LogP contribution in [-0.2, 0) is 20.4 Å². The van der Waals surface area contributed by atoms with E-state index in [9.17, 15) is 9.90 Å². The van der Waals surface area contributed by atoms with E-state index in [0.717, 1.165) is 22.3 Å². The molecular weight excluding hydrogens is 350 g/mol. The zero-order chi connectivity index (χ0) is 20.7. The molecule has 0 bridgehead atoms. The van der Waals surface area contributed by atoms with Gasteiger partial charge in [0.15, 0.2) is 5.70 Å². The summed E-state index contributed by atoms with van der Waals surface area (Å²) in [5.74, 6) is 0.147. The number of carbonyl (C=O) groups excluding carboxylic acids is 1. The third kappa shape index (κ3) is 4.01. The lowest BCUT2D eigenvalue weighted by Gasteiger charge is -2.27. The topological polar surface area (TPSA) is 58.9 Å². The Morgan fingerprint density at radius 1 is 0.929 bits per heavy atom. The molecule has 1 N–H and O–H groups in total. The van der Waals surface area contributed by atoms with Crippen molar-refractivity contribution in [2.75, 3.05) is 0 Å². The van der Waals surface area contributed by atoms with Gasteiger partial charge in [-0.25, -0.2) is 9.79 Å². The van der Waals surface area contributed by atoms with Gasteiger partial charge in [-0.3, -0.25) is 0 Å². The normalized spacial score (nSPS) is 16.3. The van der Waals surface area contributed by atoms with Crippen molar-refractivity contribution >= 4 is 17.9 Å². The van der Waals surface area contributed by atoms with Gasteiger partial charge in [0, 0.05) is 16.7 Å². The summed E-state index contributed by atoms with van der Waals surface area (Å²) < 4.78 is 5.34. The minimum absolute atomic E-state index is 0.243. The first-order valence-electron chi connectivity index (χ1n) is 9.43. The van der Waals surface area contributed by atoms with Gasteiger partial charge >= 0.3 is 5.97 Å². The molecule has 1 aliphatic heterocycles. The Hall–Kier alpha value is -2.88. The van der Waals surface area contributed by atoms with Crippen molar-refractivity contribution in [2.24, 2.45) is 4.99 Å². The van der Waals surface area contributed by atoms with Crippen LogP contribution in [0.3, 0.4) is 0 Å². The molecule has 0 amide bonds. The third-order valence-corrected chi connectivity index (χ3v) is 4.69. The largest absolute Gasteiger partial charge is 0.507 e. The Morgan fingerprint density at radius 3 is 1.96 bits per heavy atom. The molecule has 0 spiro atoms. The van der Waals surface area contributed by atoms with Crippen molar-refractivity contribution in [3.63, 3.8) is 0 Å². The summed E-state index contributed by atoms with van der Waals surface area (Å²) in [7, 11) is 0. The number of phenolic OH excluding ortho intramolecular Hbond substituents is 1. The molecule has 28 heavy (non-hydrogen) atoms. The number of cyclic esters (lactones) is 1. The zero-order valence-corrected chi connectivity index (χ0v) is 17.3. The van der Waals surface area contributed by atoms with Crippen LogP contribution in [0.15, 0.2) is 53.2 Å². The third-order valence-electron chi connectivity index (χ3n) is 4.69. The second-order valence-electron chi connectivity index (χ2n) is 9.17. The first kappa shape index (κ1) is 19.9. The summed E-state index contributed by atoms with van der Waals surface area (Å²) >= 11 is 0. The quantitative estimate of drug-likeness (QED) is 0.568. The number of benzene rings is 2. The van der Waals surface area contributed by atoms with Crippen LogP contribution >= 0.6 is 0 Å². The summed E-state index contributed by atoms with van der Waals surface area (Å²) in [5, 5.41) is 10.8. The fourth-order valence-electron chi connectivity index (χ4n) is 3.15. The molecule has 0 atom stereocenters. The highest BCUT2D eigenvalue weighted by Crippen LogP contribution is 2.40. The van der Waals surface area contributed by atoms with E-state index in [1.165, 1.54) is 0 Å². The van der Waals surface area contributed by atoms with Crippen molar-refractivity contribution < 1.29 is 14.6 Å². The van der Waals surface area contributed by atoms with Gasteiger partial charge in [0.25, 0.3) is 0 Å². The molecule has 0 radical (unpaired) electrons. The van der Waals surface area contributed by atoms with E-state index < -0.39 is 5.97 Å². The Morgan fingerprint density at radius 2 is 1.46 bits per heavy atom. The lowest BCUT2D eigenvalue weighted by molar-refractivity contribution is -0.129. The molecule has 3 rings (SSSR count). The van der Waals surface area contributed by atoms with Gasteiger partial charge < -0.3 is 9.84 Å². The minimum Gasteiger partial charge on any atom is -0.507 e. The van der Waals surface area contributed by atoms with Crippen LogP contribution in [-0.4, -0.2) is 17.0 Å². The molecule has 1 heterocycles. The van der Waals surface area contributed by atoms with Gasteiger partial charge in [-0.1, -0.05) is 59.7 Å². The van der Waals surface area contributed by atoms with Crippen molar-refractivity contribution in [3.05, 3.63) is 70.4 Å². The van der Waals surface area contributed by atoms with Crippen LogP contribution in [0.1, 0.15) is 63.8 Å². The Bertz CT molecular complexity index is 936. The number of aliphatic imine (C=N–C) groups is 1. The van der Waals surface area contributed by atoms with Crippen LogP contribution < -0.4 is 0 Å². The van der Waals surface area contributed by atoms with E-state index in [1.54, 1.807) is 6.08 Å². The van der Waals surface area contributed by atoms with E-state index in [1.807, 2.05) is 42.5 Å². The monoisotopic (exact) mass is 377 g/mol. The molecule has 0 aromatic heterocycles. The molecule has 146 valence electrons. The molecule has 4 nitrogen and oxygen atoms in total. The number of hydrogen-bond donors (Lipinski definition) is 1. The molecule has 0 unspecified atom stereocenters. The molecule has 0 aliphatic carbocycles. The molecule has 2 aromatic rings. The average molecular weight is 377 g/mol. The van der Waals surface area contributed by atoms with Gasteiger partial charge in [-0.05, 0) is 46.7 Å². The van der Waals surface area contributed by atoms with Crippen molar-refractivity contribution in [3.8, 4) is 5.75 Å². The highest BCUT2D eigenvalue weighted by atomic mass is 16.6. The molecule has 0 fully saturated rings. The maximum atomic E-state index is 12.3. The molecule has 4 heteroatoms. The number of esters is 1. The fourth-order valence-corrected chi connectivity index (χ4v) is 3.15. The summed E-state index contributed by atoms with van der Waals surface area (Å²) in [6.07, 6.45) is 1.72. The standard InChI is InChI=1S/C24H27NO3/c1-23(2,3)17-12-15(13-18(20(17)26)24(4,5)6)14-19-22(27)28-21(25-19)16-10-8-7-9-11-16/h7-14,26H,1-6H3/b19-14-. The number of ether oxygens (including phenoxy) is 1. The minimum atomic E-state index is -0.471. The zero-order valence-electron chi connectivity index (χ0n) is 17.3. The van der Waals surface area contributed by atoms with Crippen molar-refractivity contribution in [1.29, 1.82) is 0 Å². The van der Waals surface area contributed by atoms with Crippen molar-refractivity contribution in [2.45, 2.75) is 52.4 Å². The highest BCUT2D eigenvalue weighted by molar-refractivity contribution is 6.12. The number of hydrogen-bond acceptors (Lipinski definition) is 4. The maximum absolute atomic E-state index is 12.3. The van der Waals surface area contributed by atoms with E-state index in [-0.39, 0.29) is 16.5 Å². The molecule has 2 aromatic carbocycles. The van der Waals surface area contributed by atoms with Crippen LogP contribution in [0.2, 0.25) is 0 Å². The Kier molecular flexibility index (Phi) is 4.92. The molecular formula is C24H27NO3. The van der Waals surface area contributed by atoms with Crippen molar-refractivity contribution in [1.82, 2.24) is 0 Å². The Labute approximate surface area is 166 Å². The van der Waals surface area contributed by atoms with Crippen LogP contribution in [0, 0.1) is 0 Å². The van der Waals surface area contributed by atoms with Gasteiger partial charge in [0.2, 0.25) is 5.90 Å². The first-order valence-corrected chi connectivity index (χ1v) is 9.43. The van der Waals surface area contributed by atoms with Gasteiger partial charge in [0.1, 0.15) is 5.75 Å². The van der Waals surface area contributed by atoms with Gasteiger partial charge in [-0.15, -0.1) is 0 Å². The lowest BCUT2D eigenvalue weighted by atomic mass is 9.78. The second-order valence-corrected chi connectivity index (χ2v) is 9.17.